The predicted molar refractivity (Wildman–Crippen MR) is 114 cm³/mol. The molecule has 3 atom stereocenters. The van der Waals surface area contributed by atoms with Crippen LogP contribution in [0.5, 0.6) is 0 Å². The first-order chi connectivity index (χ1) is 13.4. The molecule has 2 amide bonds. The van der Waals surface area contributed by atoms with Gasteiger partial charge in [-0.05, 0) is 63.9 Å². The highest BCUT2D eigenvalue weighted by atomic mass is 16.2. The molecule has 0 saturated carbocycles. The van der Waals surface area contributed by atoms with E-state index in [1.807, 2.05) is 4.90 Å². The van der Waals surface area contributed by atoms with Gasteiger partial charge in [-0.1, -0.05) is 12.1 Å². The van der Waals surface area contributed by atoms with Crippen LogP contribution in [0.15, 0.2) is 18.2 Å². The molecule has 6 heteroatoms. The lowest BCUT2D eigenvalue weighted by atomic mass is 9.99. The number of rotatable bonds is 3. The highest BCUT2D eigenvalue weighted by Crippen LogP contribution is 2.33. The summed E-state index contributed by atoms with van der Waals surface area (Å²) in [4.78, 5) is 21.3. The smallest absolute Gasteiger partial charge is 0.315 e. The van der Waals surface area contributed by atoms with E-state index in [0.29, 0.717) is 12.6 Å². The van der Waals surface area contributed by atoms with Gasteiger partial charge < -0.3 is 20.4 Å². The van der Waals surface area contributed by atoms with Gasteiger partial charge in [0.1, 0.15) is 0 Å². The van der Waals surface area contributed by atoms with E-state index in [1.165, 1.54) is 42.6 Å². The van der Waals surface area contributed by atoms with Crippen molar-refractivity contribution in [1.82, 2.24) is 14.7 Å². The maximum Gasteiger partial charge on any atom is 0.315 e. The van der Waals surface area contributed by atoms with E-state index >= 15 is 0 Å². The van der Waals surface area contributed by atoms with Gasteiger partial charge in [0.15, 0.2) is 0 Å². The summed E-state index contributed by atoms with van der Waals surface area (Å²) in [6.07, 6.45) is 3.95. The van der Waals surface area contributed by atoms with Crippen molar-refractivity contribution in [2.45, 2.75) is 51.2 Å². The molecule has 1 aromatic rings. The second-order valence-corrected chi connectivity index (χ2v) is 8.97. The van der Waals surface area contributed by atoms with Crippen LogP contribution in [0.25, 0.3) is 0 Å². The predicted octanol–water partition coefficient (Wildman–Crippen LogP) is 2.43. The van der Waals surface area contributed by atoms with Gasteiger partial charge >= 0.3 is 6.03 Å². The topological polar surface area (TPSA) is 56.1 Å². The van der Waals surface area contributed by atoms with Crippen molar-refractivity contribution in [3.05, 3.63) is 29.3 Å². The Balaban J connectivity index is 1.49. The van der Waals surface area contributed by atoms with Crippen LogP contribution in [0, 0.1) is 6.92 Å². The molecule has 0 bridgehead atoms. The summed E-state index contributed by atoms with van der Waals surface area (Å²) in [5.74, 6) is 0. The van der Waals surface area contributed by atoms with Gasteiger partial charge in [-0.2, -0.15) is 0 Å². The van der Waals surface area contributed by atoms with Crippen LogP contribution in [-0.2, 0) is 0 Å². The number of urea groups is 1. The molecular weight excluding hydrogens is 350 g/mol. The summed E-state index contributed by atoms with van der Waals surface area (Å²) in [5.41, 5.74) is 9.48. The zero-order valence-corrected chi connectivity index (χ0v) is 17.6. The minimum atomic E-state index is -0.318. The summed E-state index contributed by atoms with van der Waals surface area (Å²) >= 11 is 0. The summed E-state index contributed by atoms with van der Waals surface area (Å²) in [5, 5.41) is 0. The number of nitrogens with two attached hydrogens (primary N) is 1. The number of carbonyl (C=O) groups is 1. The largest absolute Gasteiger partial charge is 0.370 e. The van der Waals surface area contributed by atoms with Crippen LogP contribution < -0.4 is 10.6 Å². The second-order valence-electron chi connectivity index (χ2n) is 8.97. The Kier molecular flexibility index (Phi) is 5.52. The molecule has 3 heterocycles. The van der Waals surface area contributed by atoms with Crippen LogP contribution >= 0.6 is 0 Å². The van der Waals surface area contributed by atoms with E-state index in [9.17, 15) is 4.79 Å². The van der Waals surface area contributed by atoms with E-state index in [2.05, 4.69) is 53.8 Å². The molecule has 3 saturated heterocycles. The summed E-state index contributed by atoms with van der Waals surface area (Å²) in [6.45, 7) is 10.5. The molecule has 6 nitrogen and oxygen atoms in total. The quantitative estimate of drug-likeness (QED) is 0.868. The number of benzene rings is 1. The molecule has 1 aromatic carbocycles. The molecule has 0 spiro atoms. The number of primary amides is 1. The van der Waals surface area contributed by atoms with Gasteiger partial charge in [0, 0.05) is 50.5 Å². The van der Waals surface area contributed by atoms with Crippen molar-refractivity contribution >= 4 is 11.7 Å². The van der Waals surface area contributed by atoms with Crippen LogP contribution in [0.3, 0.4) is 0 Å². The Labute approximate surface area is 169 Å². The van der Waals surface area contributed by atoms with Gasteiger partial charge in [0.2, 0.25) is 0 Å². The molecule has 4 rings (SSSR count). The van der Waals surface area contributed by atoms with Crippen molar-refractivity contribution in [3.63, 3.8) is 0 Å². The number of nitrogens with zero attached hydrogens (tertiary/aromatic N) is 4. The van der Waals surface area contributed by atoms with E-state index in [1.54, 1.807) is 0 Å². The van der Waals surface area contributed by atoms with Crippen molar-refractivity contribution in [2.75, 3.05) is 51.2 Å². The first kappa shape index (κ1) is 19.5. The molecule has 3 aliphatic heterocycles. The highest BCUT2D eigenvalue weighted by molar-refractivity contribution is 5.73. The van der Waals surface area contributed by atoms with Crippen LogP contribution in [-0.4, -0.2) is 79.1 Å². The Morgan fingerprint density at radius 3 is 2.61 bits per heavy atom. The lowest BCUT2D eigenvalue weighted by Gasteiger charge is -2.39. The fraction of sp³-hybridized carbons (Fsp3) is 0.682. The standard InChI is InChI=1S/C22H35N5O/c1-16-13-18(21-15-24(3)11-12-27(21)22(23)28)6-7-20(16)25-10-8-19(14-25)26-9-4-5-17(26)2/h6-7,13,17,19,21H,4-5,8-12,14-15H2,1-3H3,(H2,23,28). The van der Waals surface area contributed by atoms with E-state index in [0.717, 1.165) is 32.2 Å². The number of hydrogen-bond donors (Lipinski definition) is 1. The molecule has 154 valence electrons. The van der Waals surface area contributed by atoms with Crippen molar-refractivity contribution in [2.24, 2.45) is 5.73 Å². The third-order valence-corrected chi connectivity index (χ3v) is 7.05. The normalized spacial score (nSPS) is 29.6. The maximum absolute atomic E-state index is 11.9. The average Bonchev–Trinajstić information content (AvgIpc) is 3.30. The molecule has 3 unspecified atom stereocenters. The summed E-state index contributed by atoms with van der Waals surface area (Å²) in [7, 11) is 2.11. The van der Waals surface area contributed by atoms with Crippen LogP contribution in [0.4, 0.5) is 10.5 Å². The van der Waals surface area contributed by atoms with E-state index < -0.39 is 0 Å². The molecule has 2 N–H and O–H groups in total. The Bertz CT molecular complexity index is 723. The minimum absolute atomic E-state index is 0.0424. The average molecular weight is 386 g/mol. The molecular formula is C22H35N5O. The molecule has 3 fully saturated rings. The zero-order valence-electron chi connectivity index (χ0n) is 17.6. The van der Waals surface area contributed by atoms with Gasteiger partial charge in [-0.25, -0.2) is 4.79 Å². The van der Waals surface area contributed by atoms with E-state index in [4.69, 9.17) is 5.73 Å². The number of carbonyl (C=O) groups excluding carboxylic acids is 1. The third kappa shape index (κ3) is 3.72. The first-order valence-electron chi connectivity index (χ1n) is 10.8. The Hall–Kier alpha value is -1.79. The summed E-state index contributed by atoms with van der Waals surface area (Å²) in [6, 6.07) is 7.87. The maximum atomic E-state index is 11.9. The number of hydrogen-bond acceptors (Lipinski definition) is 4. The fourth-order valence-corrected chi connectivity index (χ4v) is 5.44. The molecule has 0 aliphatic carbocycles. The fourth-order valence-electron chi connectivity index (χ4n) is 5.44. The number of aryl methyl sites for hydroxylation is 1. The Morgan fingerprint density at radius 2 is 1.93 bits per heavy atom. The number of likely N-dealkylation sites (tertiary alicyclic amines) is 1. The zero-order chi connectivity index (χ0) is 19.8. The molecule has 28 heavy (non-hydrogen) atoms. The molecule has 3 aliphatic rings. The minimum Gasteiger partial charge on any atom is -0.370 e. The number of amides is 2. The van der Waals surface area contributed by atoms with Gasteiger partial charge in [0.25, 0.3) is 0 Å². The first-order valence-corrected chi connectivity index (χ1v) is 10.8. The number of piperazine rings is 1. The van der Waals surface area contributed by atoms with Gasteiger partial charge in [0.05, 0.1) is 6.04 Å². The SMILES string of the molecule is Cc1cc(C2CN(C)CCN2C(N)=O)ccc1N1CCC(N2CCCC2C)C1. The summed E-state index contributed by atoms with van der Waals surface area (Å²) < 4.78 is 0. The highest BCUT2D eigenvalue weighted by Gasteiger charge is 2.34. The van der Waals surface area contributed by atoms with Crippen molar-refractivity contribution in [3.8, 4) is 0 Å². The van der Waals surface area contributed by atoms with E-state index in [-0.39, 0.29) is 12.1 Å². The lowest BCUT2D eigenvalue weighted by molar-refractivity contribution is 0.114. The van der Waals surface area contributed by atoms with Gasteiger partial charge in [-0.15, -0.1) is 0 Å². The van der Waals surface area contributed by atoms with Crippen molar-refractivity contribution in [1.29, 1.82) is 0 Å². The number of anilines is 1. The van der Waals surface area contributed by atoms with Gasteiger partial charge in [-0.3, -0.25) is 4.90 Å². The second kappa shape index (κ2) is 7.91. The molecule has 0 radical (unpaired) electrons. The molecule has 0 aromatic heterocycles. The van der Waals surface area contributed by atoms with Crippen molar-refractivity contribution < 1.29 is 4.79 Å². The van der Waals surface area contributed by atoms with Crippen LogP contribution in [0.1, 0.15) is 43.4 Å². The lowest BCUT2D eigenvalue weighted by Crippen LogP contribution is -2.51. The Morgan fingerprint density at radius 1 is 1.11 bits per heavy atom. The third-order valence-electron chi connectivity index (χ3n) is 7.05. The number of likely N-dealkylation sites (N-methyl/N-ethyl adjacent to an activating group) is 1. The monoisotopic (exact) mass is 385 g/mol. The van der Waals surface area contributed by atoms with Crippen LogP contribution in [0.2, 0.25) is 0 Å².